The third kappa shape index (κ3) is 2.49. The Bertz CT molecular complexity index is 535. The van der Waals surface area contributed by atoms with Crippen molar-refractivity contribution in [3.63, 3.8) is 0 Å². The van der Waals surface area contributed by atoms with Gasteiger partial charge in [0.05, 0.1) is 0 Å². The molecule has 1 aromatic rings. The fourth-order valence-electron chi connectivity index (χ4n) is 3.42. The van der Waals surface area contributed by atoms with Gasteiger partial charge in [0.2, 0.25) is 0 Å². The highest BCUT2D eigenvalue weighted by Gasteiger charge is 2.60. The molecule has 1 aromatic carbocycles. The monoisotopic (exact) mass is 268 g/mol. The quantitative estimate of drug-likeness (QED) is 0.563. The molecule has 1 aliphatic rings. The van der Waals surface area contributed by atoms with Gasteiger partial charge in [0.1, 0.15) is 0 Å². The molecule has 0 N–H and O–H groups in total. The van der Waals surface area contributed by atoms with Crippen LogP contribution in [-0.4, -0.2) is 0 Å². The summed E-state index contributed by atoms with van der Waals surface area (Å²) in [5.41, 5.74) is 5.15. The van der Waals surface area contributed by atoms with E-state index in [4.69, 9.17) is 0 Å². The molecule has 1 saturated carbocycles. The molecule has 0 heteroatoms. The fourth-order valence-corrected chi connectivity index (χ4v) is 3.42. The number of hydrogen-bond donors (Lipinski definition) is 0. The Balaban J connectivity index is 2.38. The lowest BCUT2D eigenvalue weighted by Crippen LogP contribution is -2.13. The first-order valence-corrected chi connectivity index (χ1v) is 7.92. The maximum absolute atomic E-state index is 2.44. The van der Waals surface area contributed by atoms with Crippen LogP contribution in [0.3, 0.4) is 0 Å². The van der Waals surface area contributed by atoms with Crippen molar-refractivity contribution in [1.29, 1.82) is 0 Å². The van der Waals surface area contributed by atoms with Gasteiger partial charge < -0.3 is 0 Å². The first-order valence-electron chi connectivity index (χ1n) is 7.92. The first-order chi connectivity index (χ1) is 9.48. The van der Waals surface area contributed by atoms with E-state index in [1.165, 1.54) is 29.5 Å². The Morgan fingerprint density at radius 1 is 1.20 bits per heavy atom. The van der Waals surface area contributed by atoms with E-state index in [1.54, 1.807) is 0 Å². The molecule has 1 fully saturated rings. The Hall–Kier alpha value is -1.30. The highest BCUT2D eigenvalue weighted by Crippen LogP contribution is 2.66. The van der Waals surface area contributed by atoms with Gasteiger partial charge >= 0.3 is 0 Å². The largest absolute Gasteiger partial charge is 0.0848 e. The smallest absolute Gasteiger partial charge is 0.000979 e. The van der Waals surface area contributed by atoms with Gasteiger partial charge in [-0.05, 0) is 53.7 Å². The summed E-state index contributed by atoms with van der Waals surface area (Å²) in [5.74, 6) is 0. The van der Waals surface area contributed by atoms with Crippen molar-refractivity contribution in [3.8, 4) is 0 Å². The molecule has 2 rings (SSSR count). The van der Waals surface area contributed by atoms with Crippen LogP contribution in [0.4, 0.5) is 0 Å². The molecule has 0 amide bonds. The average molecular weight is 268 g/mol. The lowest BCUT2D eigenvalue weighted by Gasteiger charge is -2.21. The van der Waals surface area contributed by atoms with Crippen LogP contribution in [0.1, 0.15) is 65.0 Å². The molecule has 0 aliphatic heterocycles. The van der Waals surface area contributed by atoms with Crippen LogP contribution in [-0.2, 0) is 5.41 Å². The van der Waals surface area contributed by atoms with Crippen molar-refractivity contribution in [2.45, 2.75) is 59.3 Å². The second-order valence-electron chi connectivity index (χ2n) is 6.65. The maximum Gasteiger partial charge on any atom is -0.000979 e. The highest BCUT2D eigenvalue weighted by molar-refractivity contribution is 5.70. The van der Waals surface area contributed by atoms with Crippen LogP contribution in [0, 0.1) is 5.41 Å². The molecule has 20 heavy (non-hydrogen) atoms. The Morgan fingerprint density at radius 2 is 1.90 bits per heavy atom. The summed E-state index contributed by atoms with van der Waals surface area (Å²) >= 11 is 0. The average Bonchev–Trinajstić information content (AvgIpc) is 3.03. The van der Waals surface area contributed by atoms with Crippen LogP contribution in [0.2, 0.25) is 0 Å². The molecule has 0 saturated heterocycles. The highest BCUT2D eigenvalue weighted by atomic mass is 14.6. The van der Waals surface area contributed by atoms with Gasteiger partial charge in [-0.25, -0.2) is 0 Å². The molecule has 0 aromatic heterocycles. The molecule has 2 unspecified atom stereocenters. The molecule has 108 valence electrons. The predicted molar refractivity (Wildman–Crippen MR) is 89.9 cm³/mol. The molecule has 1 aliphatic carbocycles. The second kappa shape index (κ2) is 5.60. The minimum atomic E-state index is 0.349. The van der Waals surface area contributed by atoms with Gasteiger partial charge in [-0.1, -0.05) is 70.2 Å². The third-order valence-corrected chi connectivity index (χ3v) is 5.40. The second-order valence-corrected chi connectivity index (χ2v) is 6.65. The van der Waals surface area contributed by atoms with E-state index in [1.807, 2.05) is 0 Å². The SMILES string of the molecule is CC/C=C\C=C(/C)c1ccccc1C1(C)CC1(C)CC. The van der Waals surface area contributed by atoms with E-state index in [9.17, 15) is 0 Å². The zero-order valence-electron chi connectivity index (χ0n) is 13.7. The molecule has 0 bridgehead atoms. The Morgan fingerprint density at radius 3 is 2.50 bits per heavy atom. The molecular formula is C20H28. The lowest BCUT2D eigenvalue weighted by atomic mass is 9.83. The lowest BCUT2D eigenvalue weighted by molar-refractivity contribution is 0.460. The number of benzene rings is 1. The van der Waals surface area contributed by atoms with E-state index in [0.717, 1.165) is 6.42 Å². The topological polar surface area (TPSA) is 0 Å². The number of rotatable bonds is 5. The van der Waals surface area contributed by atoms with Gasteiger partial charge in [-0.15, -0.1) is 0 Å². The van der Waals surface area contributed by atoms with E-state index in [-0.39, 0.29) is 0 Å². The van der Waals surface area contributed by atoms with Crippen molar-refractivity contribution in [2.75, 3.05) is 0 Å². The van der Waals surface area contributed by atoms with Crippen molar-refractivity contribution in [2.24, 2.45) is 5.41 Å². The zero-order chi connectivity index (χ0) is 14.8. The Kier molecular flexibility index (Phi) is 4.22. The van der Waals surface area contributed by atoms with Crippen LogP contribution in [0.5, 0.6) is 0 Å². The summed E-state index contributed by atoms with van der Waals surface area (Å²) in [6, 6.07) is 8.96. The molecule has 0 radical (unpaired) electrons. The van der Waals surface area contributed by atoms with Crippen molar-refractivity contribution in [3.05, 3.63) is 53.6 Å². The molecular weight excluding hydrogens is 240 g/mol. The van der Waals surface area contributed by atoms with Crippen molar-refractivity contribution in [1.82, 2.24) is 0 Å². The minimum Gasteiger partial charge on any atom is -0.0848 e. The molecule has 0 nitrogen and oxygen atoms in total. The van der Waals surface area contributed by atoms with E-state index < -0.39 is 0 Å². The van der Waals surface area contributed by atoms with Gasteiger partial charge in [-0.3, -0.25) is 0 Å². The fraction of sp³-hybridized carbons (Fsp3) is 0.500. The summed E-state index contributed by atoms with van der Waals surface area (Å²) < 4.78 is 0. The van der Waals surface area contributed by atoms with Crippen LogP contribution < -0.4 is 0 Å². The summed E-state index contributed by atoms with van der Waals surface area (Å²) in [4.78, 5) is 0. The van der Waals surface area contributed by atoms with E-state index in [0.29, 0.717) is 10.8 Å². The maximum atomic E-state index is 2.44. The minimum absolute atomic E-state index is 0.349. The van der Waals surface area contributed by atoms with Crippen molar-refractivity contribution < 1.29 is 0 Å². The normalized spacial score (nSPS) is 29.9. The number of allylic oxidation sites excluding steroid dienone is 4. The van der Waals surface area contributed by atoms with Gasteiger partial charge in [0.15, 0.2) is 0 Å². The van der Waals surface area contributed by atoms with Gasteiger partial charge in [0.25, 0.3) is 0 Å². The summed E-state index contributed by atoms with van der Waals surface area (Å²) in [5, 5.41) is 0. The van der Waals surface area contributed by atoms with E-state index in [2.05, 4.69) is 77.1 Å². The predicted octanol–water partition coefficient (Wildman–Crippen LogP) is 6.13. The molecule has 0 spiro atoms. The van der Waals surface area contributed by atoms with Crippen LogP contribution in [0.25, 0.3) is 5.57 Å². The molecule has 0 heterocycles. The van der Waals surface area contributed by atoms with Gasteiger partial charge in [-0.2, -0.15) is 0 Å². The third-order valence-electron chi connectivity index (χ3n) is 5.40. The summed E-state index contributed by atoms with van der Waals surface area (Å²) in [6.07, 6.45) is 10.3. The van der Waals surface area contributed by atoms with Gasteiger partial charge in [0, 0.05) is 0 Å². The summed E-state index contributed by atoms with van der Waals surface area (Å²) in [7, 11) is 0. The van der Waals surface area contributed by atoms with Crippen molar-refractivity contribution >= 4 is 5.57 Å². The summed E-state index contributed by atoms with van der Waals surface area (Å²) in [6.45, 7) is 11.6. The zero-order valence-corrected chi connectivity index (χ0v) is 13.7. The van der Waals surface area contributed by atoms with Crippen LogP contribution >= 0.6 is 0 Å². The Labute approximate surface area is 124 Å². The van der Waals surface area contributed by atoms with E-state index >= 15 is 0 Å². The number of hydrogen-bond acceptors (Lipinski definition) is 0. The molecule has 2 atom stereocenters. The van der Waals surface area contributed by atoms with Crippen LogP contribution in [0.15, 0.2) is 42.5 Å². The first kappa shape index (κ1) is 15.1. The standard InChI is InChI=1S/C20H28/c1-6-8-9-12-16(3)17-13-10-11-14-18(17)20(5)15-19(20,4)7-2/h8-14H,6-7,15H2,1-5H3/b9-8-,16-12+.